The van der Waals surface area contributed by atoms with Gasteiger partial charge in [-0.25, -0.2) is 4.79 Å². The van der Waals surface area contributed by atoms with Crippen LogP contribution in [-0.4, -0.2) is 41.3 Å². The van der Waals surface area contributed by atoms with E-state index in [1.54, 1.807) is 26.0 Å². The van der Waals surface area contributed by atoms with E-state index in [1.807, 2.05) is 39.8 Å². The number of hydrogen-bond donors (Lipinski definition) is 1. The molecule has 0 spiro atoms. The lowest BCUT2D eigenvalue weighted by molar-refractivity contribution is -0.172. The molecule has 0 bridgehead atoms. The molecule has 7 nitrogen and oxygen atoms in total. The highest BCUT2D eigenvalue weighted by Gasteiger charge is 2.37. The third kappa shape index (κ3) is 11.5. The Morgan fingerprint density at radius 2 is 1.50 bits per heavy atom. The normalized spacial score (nSPS) is 19.1. The molecule has 1 aliphatic carbocycles. The van der Waals surface area contributed by atoms with Crippen molar-refractivity contribution in [1.82, 2.24) is 0 Å². The minimum Gasteiger partial charge on any atom is -0.508 e. The molecule has 1 N–H and O–H groups in total. The first-order chi connectivity index (χ1) is 18.6. The highest BCUT2D eigenvalue weighted by Crippen LogP contribution is 2.34. The Hall–Kier alpha value is -2.57. The van der Waals surface area contributed by atoms with E-state index in [9.17, 15) is 14.4 Å². The number of phenols is 1. The second-order valence-electron chi connectivity index (χ2n) is 12.6. The fourth-order valence-electron chi connectivity index (χ4n) is 3.96. The summed E-state index contributed by atoms with van der Waals surface area (Å²) in [5.41, 5.74) is 0.246. The Morgan fingerprint density at radius 3 is 1.95 bits per heavy atom. The highest BCUT2D eigenvalue weighted by molar-refractivity contribution is 5.82. The predicted molar refractivity (Wildman–Crippen MR) is 158 cm³/mol. The van der Waals surface area contributed by atoms with Crippen LogP contribution in [0.2, 0.25) is 0 Å². The SMILES string of the molecule is CCC(C)(C)C(=O)OC1(C)CCCCC1.CCC(C)(C)C(=O)OC1CCOC1=O.CCC(C)c1ccc(O)cc1. The van der Waals surface area contributed by atoms with Gasteiger partial charge in [-0.15, -0.1) is 0 Å². The molecule has 0 aromatic heterocycles. The van der Waals surface area contributed by atoms with E-state index in [-0.39, 0.29) is 23.0 Å². The van der Waals surface area contributed by atoms with Gasteiger partial charge in [0.15, 0.2) is 0 Å². The van der Waals surface area contributed by atoms with Gasteiger partial charge >= 0.3 is 17.9 Å². The van der Waals surface area contributed by atoms with E-state index in [4.69, 9.17) is 19.3 Å². The van der Waals surface area contributed by atoms with Gasteiger partial charge in [-0.3, -0.25) is 9.59 Å². The molecule has 1 saturated carbocycles. The van der Waals surface area contributed by atoms with Crippen molar-refractivity contribution in [2.24, 2.45) is 10.8 Å². The van der Waals surface area contributed by atoms with Gasteiger partial charge in [0.2, 0.25) is 6.10 Å². The Balaban J connectivity index is 0.000000304. The molecule has 1 aliphatic heterocycles. The number of aromatic hydroxyl groups is 1. The molecule has 1 aromatic carbocycles. The molecule has 0 radical (unpaired) electrons. The fraction of sp³-hybridized carbons (Fsp3) is 0.727. The van der Waals surface area contributed by atoms with Crippen molar-refractivity contribution in [3.8, 4) is 5.75 Å². The summed E-state index contributed by atoms with van der Waals surface area (Å²) >= 11 is 0. The number of hydrogen-bond acceptors (Lipinski definition) is 7. The van der Waals surface area contributed by atoms with Crippen LogP contribution in [0.3, 0.4) is 0 Å². The van der Waals surface area contributed by atoms with Gasteiger partial charge in [-0.05, 0) is 103 Å². The van der Waals surface area contributed by atoms with Crippen molar-refractivity contribution in [2.75, 3.05) is 6.61 Å². The topological polar surface area (TPSA) is 99.1 Å². The summed E-state index contributed by atoms with van der Waals surface area (Å²) in [6.45, 7) is 18.2. The van der Waals surface area contributed by atoms with E-state index in [0.29, 0.717) is 31.1 Å². The Morgan fingerprint density at radius 1 is 0.975 bits per heavy atom. The third-order valence-electron chi connectivity index (χ3n) is 8.33. The number of phenolic OH excluding ortho intramolecular Hbond substituents is 1. The average molecular weight is 563 g/mol. The lowest BCUT2D eigenvalue weighted by Gasteiger charge is -2.36. The smallest absolute Gasteiger partial charge is 0.347 e. The summed E-state index contributed by atoms with van der Waals surface area (Å²) in [6, 6.07) is 7.43. The molecule has 0 amide bonds. The first-order valence-electron chi connectivity index (χ1n) is 15.0. The molecule has 228 valence electrons. The zero-order valence-electron chi connectivity index (χ0n) is 26.4. The molecule has 2 unspecified atom stereocenters. The Labute approximate surface area is 242 Å². The van der Waals surface area contributed by atoms with E-state index >= 15 is 0 Å². The minimum atomic E-state index is -0.687. The molecule has 2 fully saturated rings. The van der Waals surface area contributed by atoms with Crippen LogP contribution in [0.15, 0.2) is 24.3 Å². The molecule has 7 heteroatoms. The fourth-order valence-corrected chi connectivity index (χ4v) is 3.96. The molecule has 1 heterocycles. The number of benzene rings is 1. The summed E-state index contributed by atoms with van der Waals surface area (Å²) < 4.78 is 15.5. The maximum Gasteiger partial charge on any atom is 0.347 e. The van der Waals surface area contributed by atoms with E-state index in [2.05, 4.69) is 20.8 Å². The molecular weight excluding hydrogens is 508 g/mol. The highest BCUT2D eigenvalue weighted by atomic mass is 16.6. The zero-order valence-corrected chi connectivity index (χ0v) is 26.4. The van der Waals surface area contributed by atoms with Crippen LogP contribution < -0.4 is 0 Å². The Bertz CT molecular complexity index is 927. The first-order valence-corrected chi connectivity index (χ1v) is 15.0. The number of carbonyl (C=O) groups is 3. The van der Waals surface area contributed by atoms with Crippen molar-refractivity contribution in [3.63, 3.8) is 0 Å². The monoisotopic (exact) mass is 562 g/mol. The van der Waals surface area contributed by atoms with Crippen LogP contribution in [0.25, 0.3) is 0 Å². The molecule has 3 rings (SSSR count). The maximum atomic E-state index is 11.9. The second kappa shape index (κ2) is 16.0. The van der Waals surface area contributed by atoms with Crippen molar-refractivity contribution in [1.29, 1.82) is 0 Å². The van der Waals surface area contributed by atoms with Gasteiger partial charge in [0, 0.05) is 6.42 Å². The van der Waals surface area contributed by atoms with Crippen LogP contribution in [-0.2, 0) is 28.6 Å². The minimum absolute atomic E-state index is 0.0330. The van der Waals surface area contributed by atoms with E-state index < -0.39 is 17.5 Å². The van der Waals surface area contributed by atoms with Crippen LogP contribution in [0.5, 0.6) is 5.75 Å². The average Bonchev–Trinajstić information content (AvgIpc) is 3.33. The van der Waals surface area contributed by atoms with Crippen LogP contribution >= 0.6 is 0 Å². The summed E-state index contributed by atoms with van der Waals surface area (Å²) in [6.07, 6.45) is 8.17. The van der Waals surface area contributed by atoms with Crippen molar-refractivity contribution in [3.05, 3.63) is 29.8 Å². The lowest BCUT2D eigenvalue weighted by Crippen LogP contribution is -2.38. The summed E-state index contributed by atoms with van der Waals surface area (Å²) in [5.74, 6) is 0.149. The largest absolute Gasteiger partial charge is 0.508 e. The van der Waals surface area contributed by atoms with Crippen molar-refractivity contribution < 1.29 is 33.7 Å². The van der Waals surface area contributed by atoms with E-state index in [1.165, 1.54) is 24.8 Å². The second-order valence-corrected chi connectivity index (χ2v) is 12.6. The lowest BCUT2D eigenvalue weighted by atomic mass is 9.85. The molecular formula is C33H54O7. The molecule has 1 aromatic rings. The quantitative estimate of drug-likeness (QED) is 0.254. The van der Waals surface area contributed by atoms with Gasteiger partial charge in [-0.2, -0.15) is 0 Å². The predicted octanol–water partition coefficient (Wildman–Crippen LogP) is 7.88. The number of carbonyl (C=O) groups excluding carboxylic acids is 3. The Kier molecular flexibility index (Phi) is 14.2. The van der Waals surface area contributed by atoms with Crippen LogP contribution in [0, 0.1) is 10.8 Å². The van der Waals surface area contributed by atoms with Gasteiger partial charge in [0.25, 0.3) is 0 Å². The molecule has 2 aliphatic rings. The van der Waals surface area contributed by atoms with Crippen LogP contribution in [0.1, 0.15) is 132 Å². The van der Waals surface area contributed by atoms with E-state index in [0.717, 1.165) is 25.7 Å². The number of esters is 3. The van der Waals surface area contributed by atoms with Crippen molar-refractivity contribution in [2.45, 2.75) is 138 Å². The van der Waals surface area contributed by atoms with Gasteiger partial charge in [0.1, 0.15) is 11.4 Å². The molecule has 2 atom stereocenters. The zero-order chi connectivity index (χ0) is 30.6. The van der Waals surface area contributed by atoms with Gasteiger partial charge in [-0.1, -0.05) is 46.2 Å². The first kappa shape index (κ1) is 35.5. The summed E-state index contributed by atoms with van der Waals surface area (Å²) in [7, 11) is 0. The molecule has 1 saturated heterocycles. The van der Waals surface area contributed by atoms with Crippen LogP contribution in [0.4, 0.5) is 0 Å². The van der Waals surface area contributed by atoms with Gasteiger partial charge < -0.3 is 19.3 Å². The third-order valence-corrected chi connectivity index (χ3v) is 8.33. The molecule has 40 heavy (non-hydrogen) atoms. The van der Waals surface area contributed by atoms with Gasteiger partial charge in [0.05, 0.1) is 17.4 Å². The standard InChI is InChI=1S/C13H24O2.C10H16O4.C10H14O/c1-5-12(2,3)11(14)15-13(4)9-7-6-8-10-13;1-4-10(2,3)9(12)14-7-5-6-13-8(7)11;1-3-8(2)9-4-6-10(11)7-5-9/h5-10H2,1-4H3;7H,4-6H2,1-3H3;4-8,11H,3H2,1-2H3. The maximum absolute atomic E-state index is 11.9. The number of rotatable bonds is 8. The van der Waals surface area contributed by atoms with Crippen molar-refractivity contribution >= 4 is 17.9 Å². The summed E-state index contributed by atoms with van der Waals surface area (Å²) in [5, 5.41) is 9.01. The number of cyclic esters (lactones) is 1. The summed E-state index contributed by atoms with van der Waals surface area (Å²) in [4.78, 5) is 34.5. The number of ether oxygens (including phenoxy) is 3.